The standard InChI is InChI=1S/C18H28N2O2/c1-2-3-13-22-14-7-12-19-18(21)20-17-11-6-9-15-8-4-5-10-16(15)17/h6,9,11H,2-5,7-8,10,12-14H2,1H3,(H2,19,20,21). The summed E-state index contributed by atoms with van der Waals surface area (Å²) in [5.41, 5.74) is 3.66. The highest BCUT2D eigenvalue weighted by molar-refractivity contribution is 5.90. The lowest BCUT2D eigenvalue weighted by molar-refractivity contribution is 0.129. The number of nitrogens with one attached hydrogen (secondary N) is 2. The summed E-state index contributed by atoms with van der Waals surface area (Å²) in [5.74, 6) is 0. The van der Waals surface area contributed by atoms with Crippen LogP contribution in [0.5, 0.6) is 0 Å². The van der Waals surface area contributed by atoms with Crippen LogP contribution in [-0.2, 0) is 17.6 Å². The van der Waals surface area contributed by atoms with Crippen LogP contribution in [0.25, 0.3) is 0 Å². The second-order valence-corrected chi connectivity index (χ2v) is 5.85. The summed E-state index contributed by atoms with van der Waals surface area (Å²) < 4.78 is 5.48. The predicted octanol–water partition coefficient (Wildman–Crippen LogP) is 3.89. The summed E-state index contributed by atoms with van der Waals surface area (Å²) in [4.78, 5) is 12.0. The molecule has 4 nitrogen and oxygen atoms in total. The molecule has 0 saturated carbocycles. The van der Waals surface area contributed by atoms with Crippen LogP contribution < -0.4 is 10.6 Å². The van der Waals surface area contributed by atoms with Crippen LogP contribution in [0, 0.1) is 0 Å². The number of rotatable bonds is 8. The van der Waals surface area contributed by atoms with Crippen molar-refractivity contribution < 1.29 is 9.53 Å². The molecule has 0 spiro atoms. The fourth-order valence-corrected chi connectivity index (χ4v) is 2.79. The number of benzene rings is 1. The van der Waals surface area contributed by atoms with Gasteiger partial charge in [0.25, 0.3) is 0 Å². The molecule has 0 heterocycles. The Morgan fingerprint density at radius 1 is 1.18 bits per heavy atom. The number of aryl methyl sites for hydroxylation is 1. The minimum Gasteiger partial charge on any atom is -0.381 e. The summed E-state index contributed by atoms with van der Waals surface area (Å²) in [6.45, 7) is 4.32. The minimum atomic E-state index is -0.118. The molecule has 0 atom stereocenters. The molecule has 122 valence electrons. The predicted molar refractivity (Wildman–Crippen MR) is 90.4 cm³/mol. The third-order valence-electron chi connectivity index (χ3n) is 4.04. The summed E-state index contributed by atoms with van der Waals surface area (Å²) in [5, 5.41) is 5.89. The van der Waals surface area contributed by atoms with Gasteiger partial charge in [0.1, 0.15) is 0 Å². The molecule has 0 aliphatic heterocycles. The van der Waals surface area contributed by atoms with Gasteiger partial charge < -0.3 is 15.4 Å². The molecule has 1 aliphatic carbocycles. The van der Waals surface area contributed by atoms with Crippen molar-refractivity contribution in [2.45, 2.75) is 51.9 Å². The lowest BCUT2D eigenvalue weighted by atomic mass is 9.90. The number of hydrogen-bond donors (Lipinski definition) is 2. The molecule has 1 aliphatic rings. The van der Waals surface area contributed by atoms with Crippen LogP contribution in [-0.4, -0.2) is 25.8 Å². The van der Waals surface area contributed by atoms with E-state index in [0.717, 1.165) is 44.4 Å². The first-order chi connectivity index (χ1) is 10.8. The van der Waals surface area contributed by atoms with E-state index in [0.29, 0.717) is 13.2 Å². The highest BCUT2D eigenvalue weighted by atomic mass is 16.5. The number of hydrogen-bond acceptors (Lipinski definition) is 2. The van der Waals surface area contributed by atoms with E-state index in [1.165, 1.54) is 24.0 Å². The van der Waals surface area contributed by atoms with Crippen molar-refractivity contribution in [3.8, 4) is 0 Å². The lowest BCUT2D eigenvalue weighted by Gasteiger charge is -2.19. The monoisotopic (exact) mass is 304 g/mol. The van der Waals surface area contributed by atoms with Gasteiger partial charge in [-0.15, -0.1) is 0 Å². The van der Waals surface area contributed by atoms with Gasteiger partial charge in [-0.25, -0.2) is 4.79 Å². The lowest BCUT2D eigenvalue weighted by Crippen LogP contribution is -2.30. The average Bonchev–Trinajstić information content (AvgIpc) is 2.54. The van der Waals surface area contributed by atoms with E-state index >= 15 is 0 Å². The molecular formula is C18H28N2O2. The Hall–Kier alpha value is -1.55. The van der Waals surface area contributed by atoms with Gasteiger partial charge in [-0.05, 0) is 55.7 Å². The molecule has 4 heteroatoms. The number of anilines is 1. The van der Waals surface area contributed by atoms with Gasteiger partial charge in [-0.2, -0.15) is 0 Å². The van der Waals surface area contributed by atoms with Gasteiger partial charge in [-0.3, -0.25) is 0 Å². The highest BCUT2D eigenvalue weighted by Gasteiger charge is 2.14. The zero-order valence-corrected chi connectivity index (χ0v) is 13.6. The first kappa shape index (κ1) is 16.8. The molecule has 0 radical (unpaired) electrons. The first-order valence-corrected chi connectivity index (χ1v) is 8.54. The third-order valence-corrected chi connectivity index (χ3v) is 4.04. The number of carbonyl (C=O) groups excluding carboxylic acids is 1. The van der Waals surface area contributed by atoms with Gasteiger partial charge in [0, 0.05) is 25.4 Å². The van der Waals surface area contributed by atoms with E-state index in [9.17, 15) is 4.79 Å². The molecule has 0 bridgehead atoms. The van der Waals surface area contributed by atoms with Crippen molar-refractivity contribution in [2.75, 3.05) is 25.1 Å². The van der Waals surface area contributed by atoms with Crippen molar-refractivity contribution in [2.24, 2.45) is 0 Å². The Morgan fingerprint density at radius 2 is 2.00 bits per heavy atom. The number of fused-ring (bicyclic) bond motifs is 1. The first-order valence-electron chi connectivity index (χ1n) is 8.54. The molecular weight excluding hydrogens is 276 g/mol. The molecule has 0 fully saturated rings. The molecule has 2 N–H and O–H groups in total. The number of carbonyl (C=O) groups is 1. The number of ether oxygens (including phenoxy) is 1. The van der Waals surface area contributed by atoms with Crippen molar-refractivity contribution in [3.05, 3.63) is 29.3 Å². The topological polar surface area (TPSA) is 50.4 Å². The second-order valence-electron chi connectivity index (χ2n) is 5.85. The maximum absolute atomic E-state index is 12.0. The smallest absolute Gasteiger partial charge is 0.319 e. The van der Waals surface area contributed by atoms with Gasteiger partial charge in [0.05, 0.1) is 0 Å². The van der Waals surface area contributed by atoms with Crippen molar-refractivity contribution in [1.29, 1.82) is 0 Å². The van der Waals surface area contributed by atoms with E-state index in [4.69, 9.17) is 4.74 Å². The molecule has 0 unspecified atom stereocenters. The SMILES string of the molecule is CCCCOCCCNC(=O)Nc1cccc2c1CCCC2. The Bertz CT molecular complexity index is 474. The fraction of sp³-hybridized carbons (Fsp3) is 0.611. The van der Waals surface area contributed by atoms with E-state index in [2.05, 4.69) is 23.6 Å². The third kappa shape index (κ3) is 5.34. The zero-order chi connectivity index (χ0) is 15.6. The molecule has 0 saturated heterocycles. The van der Waals surface area contributed by atoms with Crippen LogP contribution in [0.15, 0.2) is 18.2 Å². The minimum absolute atomic E-state index is 0.118. The Balaban J connectivity index is 1.69. The van der Waals surface area contributed by atoms with Gasteiger partial charge in [0.2, 0.25) is 0 Å². The number of amides is 2. The van der Waals surface area contributed by atoms with E-state index in [-0.39, 0.29) is 6.03 Å². The van der Waals surface area contributed by atoms with Crippen LogP contribution >= 0.6 is 0 Å². The molecule has 22 heavy (non-hydrogen) atoms. The molecule has 0 aromatic heterocycles. The van der Waals surface area contributed by atoms with Crippen LogP contribution in [0.3, 0.4) is 0 Å². The summed E-state index contributed by atoms with van der Waals surface area (Å²) in [6, 6.07) is 6.08. The maximum Gasteiger partial charge on any atom is 0.319 e. The maximum atomic E-state index is 12.0. The Labute approximate surface area is 133 Å². The summed E-state index contributed by atoms with van der Waals surface area (Å²) in [7, 11) is 0. The molecule has 2 amide bonds. The molecule has 1 aromatic carbocycles. The van der Waals surface area contributed by atoms with E-state index < -0.39 is 0 Å². The number of unbranched alkanes of at least 4 members (excludes halogenated alkanes) is 1. The number of urea groups is 1. The zero-order valence-electron chi connectivity index (χ0n) is 13.6. The van der Waals surface area contributed by atoms with E-state index in [1.54, 1.807) is 0 Å². The van der Waals surface area contributed by atoms with Crippen LogP contribution in [0.4, 0.5) is 10.5 Å². The van der Waals surface area contributed by atoms with Crippen molar-refractivity contribution in [3.63, 3.8) is 0 Å². The summed E-state index contributed by atoms with van der Waals surface area (Å²) in [6.07, 6.45) is 7.76. The highest BCUT2D eigenvalue weighted by Crippen LogP contribution is 2.27. The van der Waals surface area contributed by atoms with E-state index in [1.807, 2.05) is 12.1 Å². The molecule has 2 rings (SSSR count). The van der Waals surface area contributed by atoms with Gasteiger partial charge in [0.15, 0.2) is 0 Å². The van der Waals surface area contributed by atoms with Crippen molar-refractivity contribution >= 4 is 11.7 Å². The van der Waals surface area contributed by atoms with Crippen LogP contribution in [0.1, 0.15) is 50.2 Å². The van der Waals surface area contributed by atoms with Gasteiger partial charge >= 0.3 is 6.03 Å². The fourth-order valence-electron chi connectivity index (χ4n) is 2.79. The van der Waals surface area contributed by atoms with Crippen LogP contribution in [0.2, 0.25) is 0 Å². The largest absolute Gasteiger partial charge is 0.381 e. The Kier molecular flexibility index (Phi) is 7.23. The van der Waals surface area contributed by atoms with Gasteiger partial charge in [-0.1, -0.05) is 25.5 Å². The Morgan fingerprint density at radius 3 is 2.86 bits per heavy atom. The normalized spacial score (nSPS) is 13.5. The molecule has 1 aromatic rings. The second kappa shape index (κ2) is 9.46. The average molecular weight is 304 g/mol. The summed E-state index contributed by atoms with van der Waals surface area (Å²) >= 11 is 0. The van der Waals surface area contributed by atoms with Crippen molar-refractivity contribution in [1.82, 2.24) is 5.32 Å². The quantitative estimate of drug-likeness (QED) is 0.716.